The maximum absolute atomic E-state index is 10.8. The molecule has 2 heterocycles. The van der Waals surface area contributed by atoms with E-state index in [2.05, 4.69) is 15.5 Å². The van der Waals surface area contributed by atoms with Crippen molar-refractivity contribution in [1.82, 2.24) is 10.2 Å². The number of rotatable bonds is 7. The van der Waals surface area contributed by atoms with Crippen molar-refractivity contribution in [2.75, 3.05) is 0 Å². The van der Waals surface area contributed by atoms with Crippen LogP contribution in [0.15, 0.2) is 81.8 Å². The Bertz CT molecular complexity index is 1080. The number of aromatic nitrogens is 2. The maximum atomic E-state index is 10.8. The average Bonchev–Trinajstić information content (AvgIpc) is 3.45. The van der Waals surface area contributed by atoms with Crippen LogP contribution in [0.2, 0.25) is 0 Å². The summed E-state index contributed by atoms with van der Waals surface area (Å²) in [5, 5.41) is 21.2. The number of nitro benzene ring substituents is 1. The molecule has 0 radical (unpaired) electrons. The molecule has 0 aliphatic heterocycles. The highest BCUT2D eigenvalue weighted by atomic mass is 16.6. The molecule has 0 saturated heterocycles. The number of hydrogen-bond acceptors (Lipinski definition) is 6. The van der Waals surface area contributed by atoms with Crippen molar-refractivity contribution in [1.29, 1.82) is 0 Å². The van der Waals surface area contributed by atoms with Gasteiger partial charge in [0.25, 0.3) is 11.6 Å². The Morgan fingerprint density at radius 3 is 2.41 bits per heavy atom. The Hall–Kier alpha value is -3.78. The minimum atomic E-state index is -0.446. The van der Waals surface area contributed by atoms with E-state index in [1.807, 2.05) is 49.4 Å². The monoisotopic (exact) mass is 391 g/mol. The second kappa shape index (κ2) is 8.07. The predicted octanol–water partition coefficient (Wildman–Crippen LogP) is 3.65. The zero-order valence-corrected chi connectivity index (χ0v) is 15.6. The third-order valence-electron chi connectivity index (χ3n) is 4.64. The second-order valence-corrected chi connectivity index (χ2v) is 6.63. The topological polar surface area (TPSA) is 112 Å². The van der Waals surface area contributed by atoms with Gasteiger partial charge in [-0.25, -0.2) is 0 Å². The molecule has 8 nitrogen and oxygen atoms in total. The van der Waals surface area contributed by atoms with Gasteiger partial charge in [0.1, 0.15) is 0 Å². The van der Waals surface area contributed by atoms with Crippen LogP contribution in [0.3, 0.4) is 0 Å². The van der Waals surface area contributed by atoms with E-state index >= 15 is 0 Å². The Kier molecular flexibility index (Phi) is 5.17. The Balaban J connectivity index is 1.55. The summed E-state index contributed by atoms with van der Waals surface area (Å²) in [4.78, 5) is 10.4. The van der Waals surface area contributed by atoms with Crippen LogP contribution in [-0.4, -0.2) is 15.1 Å². The van der Waals surface area contributed by atoms with E-state index < -0.39 is 4.92 Å². The smallest absolute Gasteiger partial charge is 0.274 e. The third kappa shape index (κ3) is 4.07. The lowest BCUT2D eigenvalue weighted by Crippen LogP contribution is -2.85. The summed E-state index contributed by atoms with van der Waals surface area (Å²) in [6, 6.07) is 19.7. The first-order chi connectivity index (χ1) is 14.1. The molecule has 4 aromatic rings. The maximum Gasteiger partial charge on any atom is 0.274 e. The lowest BCUT2D eigenvalue weighted by atomic mass is 10.0. The first-order valence-corrected chi connectivity index (χ1v) is 9.13. The largest absolute Gasteiger partial charge is 0.463 e. The van der Waals surface area contributed by atoms with E-state index in [1.165, 1.54) is 12.1 Å². The molecule has 2 aromatic heterocycles. The van der Waals surface area contributed by atoms with Gasteiger partial charge in [0, 0.05) is 23.3 Å². The summed E-state index contributed by atoms with van der Waals surface area (Å²) in [7, 11) is 0. The molecule has 2 aromatic carbocycles. The number of benzene rings is 2. The van der Waals surface area contributed by atoms with Gasteiger partial charge >= 0.3 is 0 Å². The highest BCUT2D eigenvalue weighted by molar-refractivity contribution is 5.55. The lowest BCUT2D eigenvalue weighted by Gasteiger charge is -2.16. The van der Waals surface area contributed by atoms with Gasteiger partial charge in [-0.15, -0.1) is 10.2 Å². The first-order valence-electron chi connectivity index (χ1n) is 9.13. The third-order valence-corrected chi connectivity index (χ3v) is 4.64. The van der Waals surface area contributed by atoms with E-state index in [4.69, 9.17) is 8.83 Å². The number of hydrogen-bond donors (Lipinski definition) is 1. The molecule has 2 atom stereocenters. The lowest BCUT2D eigenvalue weighted by molar-refractivity contribution is -0.727. The van der Waals surface area contributed by atoms with Crippen molar-refractivity contribution in [3.63, 3.8) is 0 Å². The van der Waals surface area contributed by atoms with Crippen molar-refractivity contribution < 1.29 is 19.1 Å². The SMILES string of the molecule is C[C@@H]([NH2+][C@H](c1ccccc1)c1ccco1)c1nnc(-c2ccc([N+](=O)[O-])cc2)o1. The molecule has 0 unspecified atom stereocenters. The zero-order chi connectivity index (χ0) is 20.2. The molecule has 2 N–H and O–H groups in total. The minimum absolute atomic E-state index is 0.0133. The van der Waals surface area contributed by atoms with Crippen LogP contribution in [0.25, 0.3) is 11.5 Å². The summed E-state index contributed by atoms with van der Waals surface area (Å²) in [5.74, 6) is 1.62. The number of nitrogens with zero attached hydrogens (tertiary/aromatic N) is 3. The summed E-state index contributed by atoms with van der Waals surface area (Å²) in [6.07, 6.45) is 1.66. The van der Waals surface area contributed by atoms with Gasteiger partial charge in [0.15, 0.2) is 17.8 Å². The van der Waals surface area contributed by atoms with E-state index in [9.17, 15) is 10.1 Å². The number of nitrogens with two attached hydrogens (primary N) is 1. The van der Waals surface area contributed by atoms with Gasteiger partial charge in [-0.2, -0.15) is 0 Å². The fourth-order valence-electron chi connectivity index (χ4n) is 3.13. The fraction of sp³-hybridized carbons (Fsp3) is 0.143. The molecule has 0 aliphatic carbocycles. The van der Waals surface area contributed by atoms with Crippen LogP contribution in [0, 0.1) is 10.1 Å². The average molecular weight is 391 g/mol. The number of quaternary nitrogens is 1. The normalized spacial score (nSPS) is 13.1. The van der Waals surface area contributed by atoms with E-state index in [-0.39, 0.29) is 17.8 Å². The Morgan fingerprint density at radius 2 is 1.76 bits per heavy atom. The van der Waals surface area contributed by atoms with Crippen LogP contribution in [0.5, 0.6) is 0 Å². The van der Waals surface area contributed by atoms with Gasteiger partial charge in [-0.3, -0.25) is 10.1 Å². The molecule has 4 rings (SSSR count). The number of furan rings is 1. The van der Waals surface area contributed by atoms with Crippen LogP contribution < -0.4 is 5.32 Å². The molecular formula is C21H19N4O4+. The molecule has 8 heteroatoms. The van der Waals surface area contributed by atoms with Crippen LogP contribution in [0.1, 0.15) is 36.2 Å². The van der Waals surface area contributed by atoms with Crippen LogP contribution in [0.4, 0.5) is 5.69 Å². The van der Waals surface area contributed by atoms with Crippen molar-refractivity contribution in [2.45, 2.75) is 19.0 Å². The van der Waals surface area contributed by atoms with Crippen molar-refractivity contribution in [3.05, 3.63) is 100 Å². The van der Waals surface area contributed by atoms with Crippen molar-refractivity contribution >= 4 is 5.69 Å². The second-order valence-electron chi connectivity index (χ2n) is 6.63. The molecular weight excluding hydrogens is 372 g/mol. The molecule has 0 fully saturated rings. The van der Waals surface area contributed by atoms with Crippen molar-refractivity contribution in [2.24, 2.45) is 0 Å². The zero-order valence-electron chi connectivity index (χ0n) is 15.6. The highest BCUT2D eigenvalue weighted by Crippen LogP contribution is 2.24. The molecule has 0 amide bonds. The molecule has 146 valence electrons. The molecule has 0 aliphatic rings. The summed E-state index contributed by atoms with van der Waals surface area (Å²) in [5.41, 5.74) is 1.75. The van der Waals surface area contributed by atoms with Crippen LogP contribution in [-0.2, 0) is 0 Å². The summed E-state index contributed by atoms with van der Waals surface area (Å²) >= 11 is 0. The van der Waals surface area contributed by atoms with E-state index in [0.717, 1.165) is 11.3 Å². The predicted molar refractivity (Wildman–Crippen MR) is 104 cm³/mol. The molecule has 0 spiro atoms. The Labute approximate surface area is 166 Å². The summed E-state index contributed by atoms with van der Waals surface area (Å²) in [6.45, 7) is 1.98. The fourth-order valence-corrected chi connectivity index (χ4v) is 3.13. The molecule has 0 saturated carbocycles. The molecule has 29 heavy (non-hydrogen) atoms. The first kappa shape index (κ1) is 18.6. The van der Waals surface area contributed by atoms with Crippen molar-refractivity contribution in [3.8, 4) is 11.5 Å². The highest BCUT2D eigenvalue weighted by Gasteiger charge is 2.27. The number of non-ortho nitro benzene ring substituents is 1. The standard InChI is InChI=1S/C21H18N4O4/c1-14(22-19(18-8-5-13-28-18)15-6-3-2-4-7-15)20-23-24-21(29-20)16-9-11-17(12-10-16)25(26)27/h2-14,19,22H,1H3/p+1/t14-,19-/m1/s1. The van der Waals surface area contributed by atoms with Gasteiger partial charge in [0.2, 0.25) is 5.89 Å². The van der Waals surface area contributed by atoms with Gasteiger partial charge in [0.05, 0.1) is 11.2 Å². The van der Waals surface area contributed by atoms with E-state index in [0.29, 0.717) is 17.3 Å². The number of nitro groups is 1. The molecule has 0 bridgehead atoms. The van der Waals surface area contributed by atoms with Crippen LogP contribution >= 0.6 is 0 Å². The van der Waals surface area contributed by atoms with Gasteiger partial charge in [-0.1, -0.05) is 30.3 Å². The van der Waals surface area contributed by atoms with E-state index in [1.54, 1.807) is 18.4 Å². The summed E-state index contributed by atoms with van der Waals surface area (Å²) < 4.78 is 11.5. The van der Waals surface area contributed by atoms with Gasteiger partial charge < -0.3 is 14.2 Å². The minimum Gasteiger partial charge on any atom is -0.463 e. The Morgan fingerprint density at radius 1 is 1.00 bits per heavy atom. The quantitative estimate of drug-likeness (QED) is 0.380. The van der Waals surface area contributed by atoms with Gasteiger partial charge in [-0.05, 0) is 31.2 Å².